The molecule has 1 aromatic carbocycles. The molecule has 2 nitrogen and oxygen atoms in total. The van der Waals surface area contributed by atoms with Gasteiger partial charge in [0.15, 0.2) is 0 Å². The Balaban J connectivity index is 2.62. The second-order valence-electron chi connectivity index (χ2n) is 4.87. The Morgan fingerprint density at radius 3 is 2.19 bits per heavy atom. The van der Waals surface area contributed by atoms with Crippen LogP contribution in [0.25, 0.3) is 0 Å². The minimum Gasteiger partial charge on any atom is -0.387 e. The number of hydrogen-bond acceptors (Lipinski definition) is 2. The van der Waals surface area contributed by atoms with Crippen LogP contribution in [-0.4, -0.2) is 18.2 Å². The molecule has 1 unspecified atom stereocenters. The van der Waals surface area contributed by atoms with E-state index in [0.717, 1.165) is 12.1 Å². The molecule has 1 atom stereocenters. The smallest absolute Gasteiger partial charge is 0.0919 e. The summed E-state index contributed by atoms with van der Waals surface area (Å²) in [6.45, 7) is 10.0. The maximum atomic E-state index is 10.1. The Morgan fingerprint density at radius 2 is 1.69 bits per heavy atom. The first-order chi connectivity index (χ1) is 7.52. The molecule has 0 saturated heterocycles. The SMILES string of the molecule is Cc1cccc(C)c1C(O)CNCC(C)C. The van der Waals surface area contributed by atoms with Gasteiger partial charge in [0, 0.05) is 6.54 Å². The topological polar surface area (TPSA) is 32.3 Å². The number of aryl methyl sites for hydroxylation is 2. The third-order valence-corrected chi connectivity index (χ3v) is 2.77. The molecule has 0 amide bonds. The van der Waals surface area contributed by atoms with E-state index in [-0.39, 0.29) is 0 Å². The van der Waals surface area contributed by atoms with Crippen LogP contribution in [-0.2, 0) is 0 Å². The van der Waals surface area contributed by atoms with Crippen LogP contribution in [0, 0.1) is 19.8 Å². The van der Waals surface area contributed by atoms with Crippen LogP contribution in [0.1, 0.15) is 36.6 Å². The lowest BCUT2D eigenvalue weighted by Gasteiger charge is -2.17. The van der Waals surface area contributed by atoms with Gasteiger partial charge in [-0.25, -0.2) is 0 Å². The molecule has 0 bridgehead atoms. The molecule has 0 aliphatic rings. The van der Waals surface area contributed by atoms with Gasteiger partial charge >= 0.3 is 0 Å². The molecular formula is C14H23NO. The standard InChI is InChI=1S/C14H23NO/c1-10(2)8-15-9-13(16)14-11(3)6-5-7-12(14)4/h5-7,10,13,15-16H,8-9H2,1-4H3. The molecule has 0 radical (unpaired) electrons. The molecule has 2 heteroatoms. The van der Waals surface area contributed by atoms with Gasteiger partial charge in [-0.2, -0.15) is 0 Å². The molecule has 90 valence electrons. The van der Waals surface area contributed by atoms with Crippen molar-refractivity contribution in [1.29, 1.82) is 0 Å². The number of hydrogen-bond donors (Lipinski definition) is 2. The van der Waals surface area contributed by atoms with Gasteiger partial charge in [-0.3, -0.25) is 0 Å². The van der Waals surface area contributed by atoms with Gasteiger partial charge in [-0.05, 0) is 43.0 Å². The van der Waals surface area contributed by atoms with Crippen molar-refractivity contribution < 1.29 is 5.11 Å². The van der Waals surface area contributed by atoms with Gasteiger partial charge in [0.25, 0.3) is 0 Å². The second-order valence-corrected chi connectivity index (χ2v) is 4.87. The number of rotatable bonds is 5. The number of benzene rings is 1. The maximum absolute atomic E-state index is 10.1. The first kappa shape index (κ1) is 13.2. The minimum atomic E-state index is -0.403. The van der Waals surface area contributed by atoms with Gasteiger partial charge in [0.05, 0.1) is 6.10 Å². The molecule has 1 rings (SSSR count). The highest BCUT2D eigenvalue weighted by Crippen LogP contribution is 2.21. The molecule has 0 aromatic heterocycles. The summed E-state index contributed by atoms with van der Waals surface area (Å²) in [7, 11) is 0. The van der Waals surface area contributed by atoms with E-state index in [1.54, 1.807) is 0 Å². The molecule has 0 aliphatic heterocycles. The zero-order valence-corrected chi connectivity index (χ0v) is 10.7. The molecule has 0 heterocycles. The lowest BCUT2D eigenvalue weighted by atomic mass is 9.98. The van der Waals surface area contributed by atoms with Crippen molar-refractivity contribution >= 4 is 0 Å². The third-order valence-electron chi connectivity index (χ3n) is 2.77. The lowest BCUT2D eigenvalue weighted by Crippen LogP contribution is -2.26. The predicted octanol–water partition coefficient (Wildman–Crippen LogP) is 2.58. The van der Waals surface area contributed by atoms with Crippen LogP contribution in [0.4, 0.5) is 0 Å². The van der Waals surface area contributed by atoms with Crippen molar-refractivity contribution in [2.45, 2.75) is 33.8 Å². The van der Waals surface area contributed by atoms with Crippen molar-refractivity contribution in [1.82, 2.24) is 5.32 Å². The average Bonchev–Trinajstić information content (AvgIpc) is 2.16. The molecule has 16 heavy (non-hydrogen) atoms. The Bertz CT molecular complexity index is 313. The number of nitrogens with one attached hydrogen (secondary N) is 1. The highest BCUT2D eigenvalue weighted by molar-refractivity contribution is 5.35. The van der Waals surface area contributed by atoms with Crippen LogP contribution in [0.2, 0.25) is 0 Å². The quantitative estimate of drug-likeness (QED) is 0.801. The van der Waals surface area contributed by atoms with Crippen molar-refractivity contribution in [3.05, 3.63) is 34.9 Å². The van der Waals surface area contributed by atoms with Gasteiger partial charge in [-0.1, -0.05) is 32.0 Å². The van der Waals surface area contributed by atoms with Crippen molar-refractivity contribution in [3.63, 3.8) is 0 Å². The van der Waals surface area contributed by atoms with E-state index in [1.807, 2.05) is 32.0 Å². The zero-order valence-electron chi connectivity index (χ0n) is 10.7. The van der Waals surface area contributed by atoms with E-state index < -0.39 is 6.10 Å². The van der Waals surface area contributed by atoms with E-state index in [0.29, 0.717) is 12.5 Å². The summed E-state index contributed by atoms with van der Waals surface area (Å²) in [5, 5.41) is 13.4. The van der Waals surface area contributed by atoms with Crippen LogP contribution in [0.15, 0.2) is 18.2 Å². The maximum Gasteiger partial charge on any atom is 0.0919 e. The van der Waals surface area contributed by atoms with E-state index in [1.165, 1.54) is 11.1 Å². The van der Waals surface area contributed by atoms with Crippen molar-refractivity contribution in [2.75, 3.05) is 13.1 Å². The van der Waals surface area contributed by atoms with Gasteiger partial charge in [0.1, 0.15) is 0 Å². The molecule has 0 aliphatic carbocycles. The fourth-order valence-corrected chi connectivity index (χ4v) is 1.96. The van der Waals surface area contributed by atoms with E-state index in [9.17, 15) is 5.11 Å². The first-order valence-corrected chi connectivity index (χ1v) is 5.97. The summed E-state index contributed by atoms with van der Waals surface area (Å²) in [4.78, 5) is 0. The summed E-state index contributed by atoms with van der Waals surface area (Å²) < 4.78 is 0. The van der Waals surface area contributed by atoms with Gasteiger partial charge in [0.2, 0.25) is 0 Å². The van der Waals surface area contributed by atoms with E-state index in [2.05, 4.69) is 19.2 Å². The molecule has 1 aromatic rings. The van der Waals surface area contributed by atoms with E-state index in [4.69, 9.17) is 0 Å². The normalized spacial score (nSPS) is 13.1. The monoisotopic (exact) mass is 221 g/mol. The molecule has 0 spiro atoms. The predicted molar refractivity (Wildman–Crippen MR) is 68.6 cm³/mol. The van der Waals surface area contributed by atoms with Crippen molar-refractivity contribution in [2.24, 2.45) is 5.92 Å². The number of aliphatic hydroxyl groups is 1. The van der Waals surface area contributed by atoms with Gasteiger partial charge in [-0.15, -0.1) is 0 Å². The second kappa shape index (κ2) is 6.02. The highest BCUT2D eigenvalue weighted by atomic mass is 16.3. The first-order valence-electron chi connectivity index (χ1n) is 5.97. The fraction of sp³-hybridized carbons (Fsp3) is 0.571. The van der Waals surface area contributed by atoms with E-state index >= 15 is 0 Å². The largest absolute Gasteiger partial charge is 0.387 e. The highest BCUT2D eigenvalue weighted by Gasteiger charge is 2.12. The summed E-state index contributed by atoms with van der Waals surface area (Å²) in [5.41, 5.74) is 3.40. The Labute approximate surface area is 98.7 Å². The van der Waals surface area contributed by atoms with Crippen LogP contribution >= 0.6 is 0 Å². The molecule has 2 N–H and O–H groups in total. The van der Waals surface area contributed by atoms with Crippen LogP contribution in [0.3, 0.4) is 0 Å². The summed E-state index contributed by atoms with van der Waals surface area (Å²) in [5.74, 6) is 0.616. The van der Waals surface area contributed by atoms with Gasteiger partial charge < -0.3 is 10.4 Å². The Morgan fingerprint density at radius 1 is 1.12 bits per heavy atom. The van der Waals surface area contributed by atoms with Crippen LogP contribution < -0.4 is 5.32 Å². The average molecular weight is 221 g/mol. The Hall–Kier alpha value is -0.860. The zero-order chi connectivity index (χ0) is 12.1. The third kappa shape index (κ3) is 3.62. The lowest BCUT2D eigenvalue weighted by molar-refractivity contribution is 0.172. The summed E-state index contributed by atoms with van der Waals surface area (Å²) in [6.07, 6.45) is -0.403. The Kier molecular flexibility index (Phi) is 4.97. The minimum absolute atomic E-state index is 0.403. The number of aliphatic hydroxyl groups excluding tert-OH is 1. The van der Waals surface area contributed by atoms with Crippen LogP contribution in [0.5, 0.6) is 0 Å². The molecular weight excluding hydrogens is 198 g/mol. The van der Waals surface area contributed by atoms with Crippen molar-refractivity contribution in [3.8, 4) is 0 Å². The fourth-order valence-electron chi connectivity index (χ4n) is 1.96. The molecule has 0 fully saturated rings. The summed E-state index contributed by atoms with van der Waals surface area (Å²) >= 11 is 0. The molecule has 0 saturated carbocycles. The summed E-state index contributed by atoms with van der Waals surface area (Å²) in [6, 6.07) is 6.13.